The van der Waals surface area contributed by atoms with Crippen molar-refractivity contribution in [3.8, 4) is 5.75 Å². The Balaban J connectivity index is 1.92. The second-order valence-corrected chi connectivity index (χ2v) is 6.12. The lowest BCUT2D eigenvalue weighted by Crippen LogP contribution is -2.40. The summed E-state index contributed by atoms with van der Waals surface area (Å²) in [5.74, 6) is 0.515. The van der Waals surface area contributed by atoms with E-state index in [9.17, 15) is 9.59 Å². The summed E-state index contributed by atoms with van der Waals surface area (Å²) in [6.07, 6.45) is 2.51. The van der Waals surface area contributed by atoms with E-state index in [1.54, 1.807) is 18.2 Å². The van der Waals surface area contributed by atoms with Crippen molar-refractivity contribution in [3.05, 3.63) is 23.2 Å². The summed E-state index contributed by atoms with van der Waals surface area (Å²) in [6.45, 7) is 3.87. The molecule has 0 spiro atoms. The van der Waals surface area contributed by atoms with Crippen LogP contribution >= 0.6 is 11.6 Å². The number of piperidine rings is 1. The number of carbonyl (C=O) groups is 2. The minimum atomic E-state index is -0.161. The maximum atomic E-state index is 12.0. The predicted octanol–water partition coefficient (Wildman–Crippen LogP) is 3.12. The first-order chi connectivity index (χ1) is 10.4. The smallest absolute Gasteiger partial charge is 0.226 e. The Morgan fingerprint density at radius 1 is 1.50 bits per heavy atom. The van der Waals surface area contributed by atoms with E-state index in [1.807, 2.05) is 13.8 Å². The average molecular weight is 325 g/mol. The number of hydrogen-bond donors (Lipinski definition) is 2. The normalized spacial score (nSPS) is 18.0. The van der Waals surface area contributed by atoms with Crippen molar-refractivity contribution in [2.45, 2.75) is 51.7 Å². The molecule has 1 aliphatic rings. The SMILES string of the molecule is CC(C)Oc1ccc(NC(=O)CC2CCCC(=O)N2)c(Cl)c1. The van der Waals surface area contributed by atoms with Gasteiger partial charge in [-0.25, -0.2) is 0 Å². The first-order valence-corrected chi connectivity index (χ1v) is 7.87. The van der Waals surface area contributed by atoms with Crippen molar-refractivity contribution in [1.29, 1.82) is 0 Å². The van der Waals surface area contributed by atoms with Gasteiger partial charge in [0.05, 0.1) is 16.8 Å². The first-order valence-electron chi connectivity index (χ1n) is 7.49. The van der Waals surface area contributed by atoms with E-state index >= 15 is 0 Å². The standard InChI is InChI=1S/C16H21ClN2O3/c1-10(2)22-12-6-7-14(13(17)9-12)19-16(21)8-11-4-3-5-15(20)18-11/h6-7,9-11H,3-5,8H2,1-2H3,(H,18,20)(H,19,21). The van der Waals surface area contributed by atoms with Crippen LogP contribution in [0.2, 0.25) is 5.02 Å². The molecule has 1 heterocycles. The van der Waals surface area contributed by atoms with Crippen molar-refractivity contribution in [2.24, 2.45) is 0 Å². The van der Waals surface area contributed by atoms with Gasteiger partial charge in [0.2, 0.25) is 11.8 Å². The summed E-state index contributed by atoms with van der Waals surface area (Å²) in [7, 11) is 0. The summed E-state index contributed by atoms with van der Waals surface area (Å²) in [4.78, 5) is 23.4. The largest absolute Gasteiger partial charge is 0.491 e. The van der Waals surface area contributed by atoms with Gasteiger partial charge in [0, 0.05) is 24.9 Å². The van der Waals surface area contributed by atoms with E-state index in [4.69, 9.17) is 16.3 Å². The van der Waals surface area contributed by atoms with Crippen LogP contribution in [0.1, 0.15) is 39.5 Å². The molecule has 5 nitrogen and oxygen atoms in total. The van der Waals surface area contributed by atoms with Gasteiger partial charge in [-0.05, 0) is 38.8 Å². The van der Waals surface area contributed by atoms with Crippen molar-refractivity contribution < 1.29 is 14.3 Å². The monoisotopic (exact) mass is 324 g/mol. The molecule has 1 aliphatic heterocycles. The molecule has 2 amide bonds. The van der Waals surface area contributed by atoms with E-state index in [0.717, 1.165) is 12.8 Å². The van der Waals surface area contributed by atoms with Gasteiger partial charge in [0.1, 0.15) is 5.75 Å². The van der Waals surface area contributed by atoms with Crippen molar-refractivity contribution in [1.82, 2.24) is 5.32 Å². The van der Waals surface area contributed by atoms with Crippen LogP contribution in [0, 0.1) is 0 Å². The number of halogens is 1. The number of ether oxygens (including phenoxy) is 1. The number of carbonyl (C=O) groups excluding carboxylic acids is 2. The van der Waals surface area contributed by atoms with Crippen molar-refractivity contribution in [2.75, 3.05) is 5.32 Å². The Labute approximate surface area is 135 Å². The van der Waals surface area contributed by atoms with Gasteiger partial charge in [-0.1, -0.05) is 11.6 Å². The van der Waals surface area contributed by atoms with Gasteiger partial charge in [-0.3, -0.25) is 9.59 Å². The second kappa shape index (κ2) is 7.49. The minimum Gasteiger partial charge on any atom is -0.491 e. The maximum Gasteiger partial charge on any atom is 0.226 e. The molecule has 1 aromatic carbocycles. The molecule has 1 fully saturated rings. The van der Waals surface area contributed by atoms with Crippen LogP contribution in [0.25, 0.3) is 0 Å². The van der Waals surface area contributed by atoms with Crippen LogP contribution < -0.4 is 15.4 Å². The third kappa shape index (κ3) is 4.91. The molecule has 2 rings (SSSR count). The van der Waals surface area contributed by atoms with E-state index < -0.39 is 0 Å². The Hall–Kier alpha value is -1.75. The number of nitrogens with one attached hydrogen (secondary N) is 2. The lowest BCUT2D eigenvalue weighted by atomic mass is 10.0. The molecule has 0 saturated carbocycles. The molecular formula is C16H21ClN2O3. The molecule has 1 unspecified atom stereocenters. The Morgan fingerprint density at radius 2 is 2.27 bits per heavy atom. The van der Waals surface area contributed by atoms with E-state index in [-0.39, 0.29) is 30.4 Å². The highest BCUT2D eigenvalue weighted by atomic mass is 35.5. The Kier molecular flexibility index (Phi) is 5.66. The third-order valence-electron chi connectivity index (χ3n) is 3.34. The molecule has 1 aromatic rings. The summed E-state index contributed by atoms with van der Waals surface area (Å²) < 4.78 is 5.54. The highest BCUT2D eigenvalue weighted by Crippen LogP contribution is 2.27. The summed E-state index contributed by atoms with van der Waals surface area (Å²) in [5, 5.41) is 6.03. The Morgan fingerprint density at radius 3 is 2.91 bits per heavy atom. The van der Waals surface area contributed by atoms with Gasteiger partial charge in [-0.15, -0.1) is 0 Å². The van der Waals surface area contributed by atoms with Gasteiger partial charge in [-0.2, -0.15) is 0 Å². The van der Waals surface area contributed by atoms with Crippen LogP contribution in [0.15, 0.2) is 18.2 Å². The zero-order chi connectivity index (χ0) is 16.1. The zero-order valence-electron chi connectivity index (χ0n) is 12.8. The fourth-order valence-corrected chi connectivity index (χ4v) is 2.62. The number of anilines is 1. The third-order valence-corrected chi connectivity index (χ3v) is 3.65. The number of benzene rings is 1. The maximum absolute atomic E-state index is 12.0. The lowest BCUT2D eigenvalue weighted by molar-refractivity contribution is -0.124. The van der Waals surface area contributed by atoms with Crippen LogP contribution in [-0.4, -0.2) is 24.0 Å². The van der Waals surface area contributed by atoms with Gasteiger partial charge >= 0.3 is 0 Å². The Bertz CT molecular complexity index is 560. The highest BCUT2D eigenvalue weighted by Gasteiger charge is 2.21. The molecule has 2 N–H and O–H groups in total. The first kappa shape index (κ1) is 16.6. The van der Waals surface area contributed by atoms with E-state index in [0.29, 0.717) is 22.9 Å². The second-order valence-electron chi connectivity index (χ2n) is 5.72. The topological polar surface area (TPSA) is 67.4 Å². The van der Waals surface area contributed by atoms with Gasteiger partial charge in [0.15, 0.2) is 0 Å². The quantitative estimate of drug-likeness (QED) is 0.874. The lowest BCUT2D eigenvalue weighted by Gasteiger charge is -2.22. The van der Waals surface area contributed by atoms with Crippen molar-refractivity contribution >= 4 is 29.1 Å². The molecule has 120 valence electrons. The molecule has 22 heavy (non-hydrogen) atoms. The molecule has 0 bridgehead atoms. The predicted molar refractivity (Wildman–Crippen MR) is 86.2 cm³/mol. The highest BCUT2D eigenvalue weighted by molar-refractivity contribution is 6.33. The summed E-state index contributed by atoms with van der Waals surface area (Å²) in [6, 6.07) is 5.07. The molecule has 0 aromatic heterocycles. The van der Waals surface area contributed by atoms with Crippen LogP contribution in [0.4, 0.5) is 5.69 Å². The molecule has 1 atom stereocenters. The van der Waals surface area contributed by atoms with Crippen LogP contribution in [0.5, 0.6) is 5.75 Å². The average Bonchev–Trinajstić information content (AvgIpc) is 2.41. The fraction of sp³-hybridized carbons (Fsp3) is 0.500. The molecule has 0 aliphatic carbocycles. The molecule has 1 saturated heterocycles. The van der Waals surface area contributed by atoms with Gasteiger partial charge < -0.3 is 15.4 Å². The fourth-order valence-electron chi connectivity index (χ4n) is 2.40. The number of rotatable bonds is 5. The van der Waals surface area contributed by atoms with Crippen LogP contribution in [-0.2, 0) is 9.59 Å². The summed E-state index contributed by atoms with van der Waals surface area (Å²) in [5.41, 5.74) is 0.546. The molecular weight excluding hydrogens is 304 g/mol. The minimum absolute atomic E-state index is 0.0114. The van der Waals surface area contributed by atoms with Crippen molar-refractivity contribution in [3.63, 3.8) is 0 Å². The summed E-state index contributed by atoms with van der Waals surface area (Å²) >= 11 is 6.16. The zero-order valence-corrected chi connectivity index (χ0v) is 13.6. The molecule has 0 radical (unpaired) electrons. The number of hydrogen-bond acceptors (Lipinski definition) is 3. The van der Waals surface area contributed by atoms with Gasteiger partial charge in [0.25, 0.3) is 0 Å². The number of amides is 2. The van der Waals surface area contributed by atoms with E-state index in [1.165, 1.54) is 0 Å². The molecule has 6 heteroatoms. The van der Waals surface area contributed by atoms with E-state index in [2.05, 4.69) is 10.6 Å². The van der Waals surface area contributed by atoms with Crippen LogP contribution in [0.3, 0.4) is 0 Å².